The first kappa shape index (κ1) is 21.1. The van der Waals surface area contributed by atoms with Crippen LogP contribution < -0.4 is 10.2 Å². The molecule has 2 aromatic rings. The van der Waals surface area contributed by atoms with Crippen LogP contribution in [-0.4, -0.2) is 51.4 Å². The predicted octanol–water partition coefficient (Wildman–Crippen LogP) is 1.10. The lowest BCUT2D eigenvalue weighted by atomic mass is 10.2. The van der Waals surface area contributed by atoms with Crippen LogP contribution in [0.3, 0.4) is 0 Å². The van der Waals surface area contributed by atoms with Crippen molar-refractivity contribution in [1.82, 2.24) is 4.31 Å². The van der Waals surface area contributed by atoms with Crippen LogP contribution in [0, 0.1) is 11.6 Å². The molecule has 0 unspecified atom stereocenters. The maximum atomic E-state index is 13.6. The number of hydrogen-bond acceptors (Lipinski definition) is 3. The molecule has 1 aliphatic heterocycles. The lowest BCUT2D eigenvalue weighted by molar-refractivity contribution is -0.895. The molecule has 9 heteroatoms. The van der Waals surface area contributed by atoms with Crippen molar-refractivity contribution in [2.45, 2.75) is 0 Å². The van der Waals surface area contributed by atoms with Gasteiger partial charge in [0.05, 0.1) is 31.9 Å². The second kappa shape index (κ2) is 9.25. The van der Waals surface area contributed by atoms with E-state index in [1.807, 2.05) is 30.3 Å². The molecule has 1 heterocycles. The SMILES string of the molecule is O=C(C[NH+]1CCN(S(=O)(=O)/C=C/c2ccccc2)CC1)Nc1ccc(F)cc1F. The predicted molar refractivity (Wildman–Crippen MR) is 107 cm³/mol. The maximum absolute atomic E-state index is 13.6. The maximum Gasteiger partial charge on any atom is 0.279 e. The molecule has 1 fully saturated rings. The molecule has 0 aliphatic carbocycles. The van der Waals surface area contributed by atoms with Crippen molar-refractivity contribution in [3.63, 3.8) is 0 Å². The average Bonchev–Trinajstić information content (AvgIpc) is 2.70. The molecular weight excluding hydrogens is 400 g/mol. The third-order valence-corrected chi connectivity index (χ3v) is 6.20. The van der Waals surface area contributed by atoms with Gasteiger partial charge in [0.15, 0.2) is 6.54 Å². The number of benzene rings is 2. The van der Waals surface area contributed by atoms with Gasteiger partial charge >= 0.3 is 0 Å². The Bertz CT molecular complexity index is 989. The van der Waals surface area contributed by atoms with Gasteiger partial charge in [-0.1, -0.05) is 30.3 Å². The largest absolute Gasteiger partial charge is 0.325 e. The summed E-state index contributed by atoms with van der Waals surface area (Å²) in [5, 5.41) is 3.61. The van der Waals surface area contributed by atoms with Gasteiger partial charge in [-0.2, -0.15) is 4.31 Å². The highest BCUT2D eigenvalue weighted by Gasteiger charge is 2.28. The second-order valence-corrected chi connectivity index (χ2v) is 8.58. The third kappa shape index (κ3) is 5.93. The Morgan fingerprint density at radius 2 is 1.79 bits per heavy atom. The minimum Gasteiger partial charge on any atom is -0.325 e. The molecule has 154 valence electrons. The van der Waals surface area contributed by atoms with Crippen LogP contribution in [0.25, 0.3) is 6.08 Å². The first-order valence-electron chi connectivity index (χ1n) is 9.15. The van der Waals surface area contributed by atoms with E-state index < -0.39 is 27.6 Å². The molecule has 1 aliphatic rings. The fraction of sp³-hybridized carbons (Fsp3) is 0.250. The monoisotopic (exact) mass is 422 g/mol. The van der Waals surface area contributed by atoms with Crippen LogP contribution in [0.1, 0.15) is 5.56 Å². The molecule has 1 saturated heterocycles. The van der Waals surface area contributed by atoms with Gasteiger partial charge in [0.1, 0.15) is 11.6 Å². The Hall–Kier alpha value is -2.62. The molecule has 0 bridgehead atoms. The van der Waals surface area contributed by atoms with Crippen molar-refractivity contribution in [2.24, 2.45) is 0 Å². The van der Waals surface area contributed by atoms with E-state index >= 15 is 0 Å². The molecule has 6 nitrogen and oxygen atoms in total. The first-order valence-corrected chi connectivity index (χ1v) is 10.7. The number of hydrogen-bond donors (Lipinski definition) is 2. The topological polar surface area (TPSA) is 70.9 Å². The number of anilines is 1. The first-order chi connectivity index (χ1) is 13.8. The molecule has 3 rings (SSSR count). The number of halogens is 2. The Kier molecular flexibility index (Phi) is 6.73. The third-order valence-electron chi connectivity index (χ3n) is 4.64. The number of nitrogens with zero attached hydrogens (tertiary/aromatic N) is 1. The molecule has 0 saturated carbocycles. The standard InChI is InChI=1S/C20H21F2N3O3S/c21-17-6-7-19(18(22)14-17)23-20(26)15-24-9-11-25(12-10-24)29(27,28)13-8-16-4-2-1-3-5-16/h1-8,13-14H,9-12,15H2,(H,23,26)/p+1/b13-8+. The summed E-state index contributed by atoms with van der Waals surface area (Å²) < 4.78 is 52.9. The minimum absolute atomic E-state index is 0.0740. The lowest BCUT2D eigenvalue weighted by Gasteiger charge is -2.30. The van der Waals surface area contributed by atoms with Gasteiger partial charge in [-0.3, -0.25) is 4.79 Å². The zero-order valence-electron chi connectivity index (χ0n) is 15.6. The van der Waals surface area contributed by atoms with Gasteiger partial charge in [0, 0.05) is 11.5 Å². The molecule has 1 amide bonds. The molecule has 2 N–H and O–H groups in total. The summed E-state index contributed by atoms with van der Waals surface area (Å²) in [6.07, 6.45) is 1.55. The fourth-order valence-corrected chi connectivity index (χ4v) is 4.25. The summed E-state index contributed by atoms with van der Waals surface area (Å²) in [7, 11) is -3.54. The summed E-state index contributed by atoms with van der Waals surface area (Å²) in [5.74, 6) is -1.97. The Balaban J connectivity index is 1.50. The van der Waals surface area contributed by atoms with Gasteiger partial charge < -0.3 is 10.2 Å². The van der Waals surface area contributed by atoms with Crippen LogP contribution >= 0.6 is 0 Å². The zero-order chi connectivity index (χ0) is 20.9. The van der Waals surface area contributed by atoms with Crippen LogP contribution in [-0.2, 0) is 14.8 Å². The molecular formula is C20H22F2N3O3S+. The molecule has 0 radical (unpaired) electrons. The van der Waals surface area contributed by atoms with Gasteiger partial charge in [-0.15, -0.1) is 0 Å². The minimum atomic E-state index is -3.54. The Morgan fingerprint density at radius 1 is 1.10 bits per heavy atom. The zero-order valence-corrected chi connectivity index (χ0v) is 16.5. The van der Waals surface area contributed by atoms with E-state index in [2.05, 4.69) is 5.32 Å². The molecule has 0 aromatic heterocycles. The number of nitrogens with one attached hydrogen (secondary N) is 2. The lowest BCUT2D eigenvalue weighted by Crippen LogP contribution is -3.15. The molecule has 2 aromatic carbocycles. The number of rotatable bonds is 6. The highest BCUT2D eigenvalue weighted by atomic mass is 32.2. The second-order valence-electron chi connectivity index (χ2n) is 6.76. The van der Waals surface area contributed by atoms with E-state index in [9.17, 15) is 22.0 Å². The van der Waals surface area contributed by atoms with Crippen molar-refractivity contribution in [2.75, 3.05) is 38.0 Å². The average molecular weight is 422 g/mol. The van der Waals surface area contributed by atoms with Crippen molar-refractivity contribution in [3.8, 4) is 0 Å². The van der Waals surface area contributed by atoms with E-state index in [0.29, 0.717) is 19.2 Å². The summed E-state index contributed by atoms with van der Waals surface area (Å²) in [4.78, 5) is 13.0. The number of carbonyl (C=O) groups is 1. The van der Waals surface area contributed by atoms with Gasteiger partial charge in [-0.25, -0.2) is 17.2 Å². The van der Waals surface area contributed by atoms with Crippen molar-refractivity contribution < 1.29 is 26.9 Å². The number of piperazine rings is 1. The molecule has 29 heavy (non-hydrogen) atoms. The highest BCUT2D eigenvalue weighted by Crippen LogP contribution is 2.14. The highest BCUT2D eigenvalue weighted by molar-refractivity contribution is 7.92. The Labute approximate surface area is 168 Å². The van der Waals surface area contributed by atoms with Crippen molar-refractivity contribution in [1.29, 1.82) is 0 Å². The summed E-state index contributed by atoms with van der Waals surface area (Å²) in [5.41, 5.74) is 0.716. The Morgan fingerprint density at radius 3 is 2.45 bits per heavy atom. The van der Waals surface area contributed by atoms with Gasteiger partial charge in [0.25, 0.3) is 5.91 Å². The quantitative estimate of drug-likeness (QED) is 0.733. The number of carbonyl (C=O) groups excluding carboxylic acids is 1. The fourth-order valence-electron chi connectivity index (χ4n) is 3.06. The van der Waals surface area contributed by atoms with E-state index in [0.717, 1.165) is 16.5 Å². The van der Waals surface area contributed by atoms with Gasteiger partial charge in [-0.05, 0) is 23.8 Å². The van der Waals surface area contributed by atoms with Crippen LogP contribution in [0.4, 0.5) is 14.5 Å². The van der Waals surface area contributed by atoms with Gasteiger partial charge in [0.2, 0.25) is 10.0 Å². The van der Waals surface area contributed by atoms with Crippen LogP contribution in [0.2, 0.25) is 0 Å². The normalized spacial score (nSPS) is 16.2. The van der Waals surface area contributed by atoms with E-state index in [1.54, 1.807) is 6.08 Å². The van der Waals surface area contributed by atoms with E-state index in [-0.39, 0.29) is 25.3 Å². The van der Waals surface area contributed by atoms with Crippen molar-refractivity contribution >= 4 is 27.7 Å². The van der Waals surface area contributed by atoms with Crippen molar-refractivity contribution in [3.05, 3.63) is 71.1 Å². The number of sulfonamides is 1. The van der Waals surface area contributed by atoms with Crippen LogP contribution in [0.15, 0.2) is 53.9 Å². The van der Waals surface area contributed by atoms with E-state index in [4.69, 9.17) is 0 Å². The van der Waals surface area contributed by atoms with E-state index in [1.165, 1.54) is 15.8 Å². The summed E-state index contributed by atoms with van der Waals surface area (Å²) in [6, 6.07) is 12.1. The summed E-state index contributed by atoms with van der Waals surface area (Å²) >= 11 is 0. The number of amides is 1. The molecule has 0 spiro atoms. The molecule has 0 atom stereocenters. The number of quaternary nitrogens is 1. The smallest absolute Gasteiger partial charge is 0.279 e. The van der Waals surface area contributed by atoms with Crippen LogP contribution in [0.5, 0.6) is 0 Å². The summed E-state index contributed by atoms with van der Waals surface area (Å²) in [6.45, 7) is 1.56.